The maximum absolute atomic E-state index is 15.3. The number of para-hydroxylation sites is 1. The van der Waals surface area contributed by atoms with E-state index in [0.717, 1.165) is 12.8 Å². The first-order chi connectivity index (χ1) is 19.5. The molecule has 0 saturated carbocycles. The van der Waals surface area contributed by atoms with E-state index < -0.39 is 29.6 Å². The summed E-state index contributed by atoms with van der Waals surface area (Å²) in [5, 5.41) is 11.1. The molecule has 1 aliphatic heterocycles. The van der Waals surface area contributed by atoms with E-state index in [2.05, 4.69) is 15.6 Å². The highest BCUT2D eigenvalue weighted by Gasteiger charge is 2.35. The molecule has 2 atom stereocenters. The van der Waals surface area contributed by atoms with Gasteiger partial charge in [-0.05, 0) is 55.3 Å². The van der Waals surface area contributed by atoms with Crippen LogP contribution < -0.4 is 10.2 Å². The van der Waals surface area contributed by atoms with Gasteiger partial charge in [0, 0.05) is 24.4 Å². The van der Waals surface area contributed by atoms with Crippen LogP contribution in [0.2, 0.25) is 0 Å². The molecule has 40 heavy (non-hydrogen) atoms. The predicted molar refractivity (Wildman–Crippen MR) is 144 cm³/mol. The van der Waals surface area contributed by atoms with Gasteiger partial charge in [0.1, 0.15) is 23.9 Å². The first-order valence-electron chi connectivity index (χ1n) is 12.9. The fraction of sp³-hybridized carbons (Fsp3) is 0.276. The number of halogens is 1. The zero-order valence-corrected chi connectivity index (χ0v) is 21.8. The van der Waals surface area contributed by atoms with Crippen LogP contribution in [0.1, 0.15) is 34.8 Å². The van der Waals surface area contributed by atoms with Crippen molar-refractivity contribution in [3.63, 3.8) is 0 Å². The number of carbonyl (C=O) groups excluding carboxylic acids is 3. The van der Waals surface area contributed by atoms with Crippen LogP contribution >= 0.6 is 0 Å². The Morgan fingerprint density at radius 3 is 2.58 bits per heavy atom. The zero-order chi connectivity index (χ0) is 28.1. The molecular weight excluding hydrogens is 517 g/mol. The number of nitrogens with one attached hydrogen (secondary N) is 1. The highest BCUT2D eigenvalue weighted by molar-refractivity contribution is 6.02. The summed E-state index contributed by atoms with van der Waals surface area (Å²) in [6, 6.07) is 17.6. The van der Waals surface area contributed by atoms with Gasteiger partial charge >= 0.3 is 5.97 Å². The van der Waals surface area contributed by atoms with E-state index >= 15 is 4.39 Å². The molecule has 0 bridgehead atoms. The van der Waals surface area contributed by atoms with E-state index in [9.17, 15) is 14.4 Å². The molecule has 1 aromatic heterocycles. The number of methoxy groups -OCH3 is 1. The van der Waals surface area contributed by atoms with Crippen LogP contribution in [0.3, 0.4) is 0 Å². The van der Waals surface area contributed by atoms with Gasteiger partial charge in [-0.3, -0.25) is 14.5 Å². The molecule has 2 unspecified atom stereocenters. The molecule has 10 nitrogen and oxygen atoms in total. The van der Waals surface area contributed by atoms with E-state index in [1.165, 1.54) is 59.2 Å². The Morgan fingerprint density at radius 2 is 1.85 bits per heavy atom. The SMILES string of the molecule is COC(=O)c1ccc(N(C(=O)Cn2nnc3ccccc32)C(C(=O)NCC2CCCO2)c2ccccc2F)cc1. The lowest BCUT2D eigenvalue weighted by Gasteiger charge is -2.32. The van der Waals surface area contributed by atoms with Crippen LogP contribution in [0.15, 0.2) is 72.8 Å². The van der Waals surface area contributed by atoms with Crippen LogP contribution in [0.4, 0.5) is 10.1 Å². The van der Waals surface area contributed by atoms with Gasteiger partial charge in [0.15, 0.2) is 0 Å². The summed E-state index contributed by atoms with van der Waals surface area (Å²) >= 11 is 0. The molecule has 11 heteroatoms. The summed E-state index contributed by atoms with van der Waals surface area (Å²) in [5.74, 6) is -2.31. The molecule has 2 amide bonds. The molecule has 3 aromatic carbocycles. The van der Waals surface area contributed by atoms with Crippen LogP contribution in [-0.2, 0) is 25.6 Å². The Bertz CT molecular complexity index is 1520. The van der Waals surface area contributed by atoms with Gasteiger partial charge in [0.25, 0.3) is 0 Å². The van der Waals surface area contributed by atoms with Crippen molar-refractivity contribution in [3.8, 4) is 0 Å². The monoisotopic (exact) mass is 545 g/mol. The normalized spacial score (nSPS) is 15.5. The number of ether oxygens (including phenoxy) is 2. The lowest BCUT2D eigenvalue weighted by molar-refractivity contribution is -0.127. The van der Waals surface area contributed by atoms with E-state index in [1.54, 1.807) is 24.3 Å². The van der Waals surface area contributed by atoms with Gasteiger partial charge in [-0.2, -0.15) is 0 Å². The number of nitrogens with zero attached hydrogens (tertiary/aromatic N) is 4. The molecule has 0 radical (unpaired) electrons. The number of aromatic nitrogens is 3. The third kappa shape index (κ3) is 5.69. The maximum Gasteiger partial charge on any atom is 0.337 e. The molecular formula is C29H28FN5O5. The van der Waals surface area contributed by atoms with Gasteiger partial charge < -0.3 is 14.8 Å². The second kappa shape index (κ2) is 12.0. The van der Waals surface area contributed by atoms with Gasteiger partial charge in [-0.15, -0.1) is 5.10 Å². The minimum absolute atomic E-state index is 0.0150. The van der Waals surface area contributed by atoms with Crippen LogP contribution in [0, 0.1) is 5.82 Å². The second-order valence-electron chi connectivity index (χ2n) is 9.34. The van der Waals surface area contributed by atoms with Crippen molar-refractivity contribution >= 4 is 34.5 Å². The Hall–Kier alpha value is -4.64. The summed E-state index contributed by atoms with van der Waals surface area (Å²) < 4.78 is 27.1. The highest BCUT2D eigenvalue weighted by Crippen LogP contribution is 2.31. The average molecular weight is 546 g/mol. The summed E-state index contributed by atoms with van der Waals surface area (Å²) in [4.78, 5) is 41.1. The van der Waals surface area contributed by atoms with Crippen molar-refractivity contribution in [1.82, 2.24) is 20.3 Å². The van der Waals surface area contributed by atoms with Gasteiger partial charge in [-0.1, -0.05) is 35.5 Å². The Morgan fingerprint density at radius 1 is 1.10 bits per heavy atom. The van der Waals surface area contributed by atoms with Crippen molar-refractivity contribution in [1.29, 1.82) is 0 Å². The fourth-order valence-corrected chi connectivity index (χ4v) is 4.76. The third-order valence-electron chi connectivity index (χ3n) is 6.77. The standard InChI is InChI=1S/C29H28FN5O5/c1-39-29(38)19-12-14-20(15-13-19)35(26(36)18-34-25-11-5-4-10-24(25)32-33-34)27(22-8-2-3-9-23(22)30)28(37)31-17-21-7-6-16-40-21/h2-5,8-15,21,27H,6-7,16-18H2,1H3,(H,31,37). The lowest BCUT2D eigenvalue weighted by atomic mass is 10.0. The number of rotatable bonds is 9. The topological polar surface area (TPSA) is 116 Å². The Labute approximate surface area is 229 Å². The number of carbonyl (C=O) groups is 3. The smallest absolute Gasteiger partial charge is 0.337 e. The van der Waals surface area contributed by atoms with Gasteiger partial charge in [-0.25, -0.2) is 13.9 Å². The highest BCUT2D eigenvalue weighted by atomic mass is 19.1. The first-order valence-corrected chi connectivity index (χ1v) is 12.9. The van der Waals surface area contributed by atoms with Gasteiger partial charge in [0.2, 0.25) is 11.8 Å². The van der Waals surface area contributed by atoms with E-state index in [4.69, 9.17) is 9.47 Å². The van der Waals surface area contributed by atoms with Crippen LogP contribution in [-0.4, -0.2) is 59.1 Å². The molecule has 1 aliphatic rings. The van der Waals surface area contributed by atoms with Crippen LogP contribution in [0.25, 0.3) is 11.0 Å². The molecule has 0 spiro atoms. The first kappa shape index (κ1) is 26.9. The van der Waals surface area contributed by atoms with Crippen molar-refractivity contribution in [3.05, 3.63) is 89.7 Å². The van der Waals surface area contributed by atoms with E-state index in [-0.39, 0.29) is 36.0 Å². The molecule has 4 aromatic rings. The number of anilines is 1. The van der Waals surface area contributed by atoms with Crippen molar-refractivity contribution in [2.75, 3.05) is 25.2 Å². The van der Waals surface area contributed by atoms with Crippen molar-refractivity contribution in [2.45, 2.75) is 31.5 Å². The Balaban J connectivity index is 1.56. The second-order valence-corrected chi connectivity index (χ2v) is 9.34. The van der Waals surface area contributed by atoms with Gasteiger partial charge in [0.05, 0.1) is 24.3 Å². The number of hydrogen-bond acceptors (Lipinski definition) is 7. The zero-order valence-electron chi connectivity index (χ0n) is 21.8. The summed E-state index contributed by atoms with van der Waals surface area (Å²) in [7, 11) is 1.27. The van der Waals surface area contributed by atoms with Crippen molar-refractivity contribution in [2.24, 2.45) is 0 Å². The fourth-order valence-electron chi connectivity index (χ4n) is 4.76. The minimum atomic E-state index is -1.37. The van der Waals surface area contributed by atoms with E-state index in [1.807, 2.05) is 6.07 Å². The third-order valence-corrected chi connectivity index (χ3v) is 6.77. The number of hydrogen-bond donors (Lipinski definition) is 1. The molecule has 1 saturated heterocycles. The Kier molecular flexibility index (Phi) is 8.11. The summed E-state index contributed by atoms with van der Waals surface area (Å²) in [5.41, 5.74) is 1.78. The van der Waals surface area contributed by atoms with Crippen molar-refractivity contribution < 1.29 is 28.2 Å². The number of amides is 2. The van der Waals surface area contributed by atoms with Crippen LogP contribution in [0.5, 0.6) is 0 Å². The maximum atomic E-state index is 15.3. The molecule has 206 valence electrons. The molecule has 2 heterocycles. The molecule has 5 rings (SSSR count). The number of esters is 1. The summed E-state index contributed by atoms with van der Waals surface area (Å²) in [6.07, 6.45) is 1.53. The quantitative estimate of drug-likeness (QED) is 0.321. The lowest BCUT2D eigenvalue weighted by Crippen LogP contribution is -2.47. The predicted octanol–water partition coefficient (Wildman–Crippen LogP) is 3.43. The minimum Gasteiger partial charge on any atom is -0.465 e. The molecule has 1 fully saturated rings. The largest absolute Gasteiger partial charge is 0.465 e. The van der Waals surface area contributed by atoms with E-state index in [0.29, 0.717) is 17.6 Å². The number of benzene rings is 3. The number of fused-ring (bicyclic) bond motifs is 1. The average Bonchev–Trinajstić information content (AvgIpc) is 3.65. The molecule has 1 N–H and O–H groups in total. The summed E-state index contributed by atoms with van der Waals surface area (Å²) in [6.45, 7) is 0.560. The molecule has 0 aliphatic carbocycles.